The molecule has 0 aromatic heterocycles. The predicted octanol–water partition coefficient (Wildman–Crippen LogP) is 1.38. The van der Waals surface area contributed by atoms with Crippen LogP contribution < -0.4 is 0 Å². The number of fused-ring (bicyclic) bond motifs is 1. The molecule has 3 aliphatic heterocycles. The summed E-state index contributed by atoms with van der Waals surface area (Å²) in [6.07, 6.45) is -1.53. The second-order valence-corrected chi connectivity index (χ2v) is 7.08. The van der Waals surface area contributed by atoms with Crippen molar-refractivity contribution < 1.29 is 33.2 Å². The van der Waals surface area contributed by atoms with Crippen molar-refractivity contribution >= 4 is 5.97 Å². The third-order valence-electron chi connectivity index (χ3n) is 4.26. The van der Waals surface area contributed by atoms with Gasteiger partial charge in [0, 0.05) is 6.42 Å². The molecular formula is C16H26O7. The molecule has 3 fully saturated rings. The zero-order valence-electron chi connectivity index (χ0n) is 14.4. The molecule has 0 unspecified atom stereocenters. The second-order valence-electron chi connectivity index (χ2n) is 7.08. The van der Waals surface area contributed by atoms with Gasteiger partial charge in [-0.05, 0) is 34.6 Å². The summed E-state index contributed by atoms with van der Waals surface area (Å²) in [5.74, 6) is -1.76. The number of hydrogen-bond donors (Lipinski definition) is 0. The first-order chi connectivity index (χ1) is 10.7. The summed E-state index contributed by atoms with van der Waals surface area (Å²) in [5.41, 5.74) is 0. The van der Waals surface area contributed by atoms with Gasteiger partial charge in [0.1, 0.15) is 18.3 Å². The molecular weight excluding hydrogens is 304 g/mol. The first-order valence-electron chi connectivity index (χ1n) is 8.20. The molecule has 0 amide bonds. The fourth-order valence-corrected chi connectivity index (χ4v) is 3.42. The van der Waals surface area contributed by atoms with Crippen LogP contribution in [-0.4, -0.2) is 61.3 Å². The Labute approximate surface area is 136 Å². The van der Waals surface area contributed by atoms with E-state index in [0.717, 1.165) is 0 Å². The van der Waals surface area contributed by atoms with Gasteiger partial charge in [-0.2, -0.15) is 0 Å². The molecule has 0 bridgehead atoms. The Hall–Kier alpha value is -0.730. The fourth-order valence-electron chi connectivity index (χ4n) is 3.42. The standard InChI is InChI=1S/C16H26O7/c1-6-18-14(17)10-7-9-13(23-16(4,5)21-9)12(20-10)11-8-19-15(2,3)22-11/h9-13H,6-8H2,1-5H3/t9-,10-,11+,12-,13-/m1/s1. The van der Waals surface area contributed by atoms with Crippen LogP contribution >= 0.6 is 0 Å². The van der Waals surface area contributed by atoms with Crippen molar-refractivity contribution in [3.8, 4) is 0 Å². The summed E-state index contributed by atoms with van der Waals surface area (Å²) in [5, 5.41) is 0. The van der Waals surface area contributed by atoms with E-state index in [0.29, 0.717) is 19.6 Å². The summed E-state index contributed by atoms with van der Waals surface area (Å²) in [6, 6.07) is 0. The van der Waals surface area contributed by atoms with Crippen LogP contribution in [0.4, 0.5) is 0 Å². The molecule has 0 spiro atoms. The Morgan fingerprint density at radius 1 is 1.04 bits per heavy atom. The quantitative estimate of drug-likeness (QED) is 0.724. The monoisotopic (exact) mass is 330 g/mol. The van der Waals surface area contributed by atoms with Gasteiger partial charge in [0.15, 0.2) is 17.7 Å². The Morgan fingerprint density at radius 3 is 2.35 bits per heavy atom. The van der Waals surface area contributed by atoms with Gasteiger partial charge in [0.2, 0.25) is 0 Å². The normalized spacial score (nSPS) is 41.5. The highest BCUT2D eigenvalue weighted by Crippen LogP contribution is 2.40. The maximum Gasteiger partial charge on any atom is 0.335 e. The topological polar surface area (TPSA) is 72.5 Å². The molecule has 0 radical (unpaired) electrons. The first kappa shape index (κ1) is 17.1. The molecule has 3 rings (SSSR count). The summed E-state index contributed by atoms with van der Waals surface area (Å²) < 4.78 is 34.6. The van der Waals surface area contributed by atoms with Crippen molar-refractivity contribution in [2.24, 2.45) is 0 Å². The van der Waals surface area contributed by atoms with E-state index in [1.54, 1.807) is 6.92 Å². The van der Waals surface area contributed by atoms with Crippen molar-refractivity contribution in [2.75, 3.05) is 13.2 Å². The lowest BCUT2D eigenvalue weighted by molar-refractivity contribution is -0.211. The molecule has 0 aromatic carbocycles. The minimum absolute atomic E-state index is 0.231. The van der Waals surface area contributed by atoms with Gasteiger partial charge in [-0.3, -0.25) is 0 Å². The maximum atomic E-state index is 12.1. The molecule has 0 saturated carbocycles. The highest BCUT2D eigenvalue weighted by molar-refractivity contribution is 5.75. The smallest absolute Gasteiger partial charge is 0.335 e. The van der Waals surface area contributed by atoms with Crippen LogP contribution in [0.25, 0.3) is 0 Å². The number of hydrogen-bond acceptors (Lipinski definition) is 7. The van der Waals surface area contributed by atoms with E-state index in [1.807, 2.05) is 27.7 Å². The zero-order chi connectivity index (χ0) is 16.8. The number of ether oxygens (including phenoxy) is 6. The third-order valence-corrected chi connectivity index (χ3v) is 4.26. The Kier molecular flexibility index (Phi) is 4.44. The molecule has 23 heavy (non-hydrogen) atoms. The van der Waals surface area contributed by atoms with Gasteiger partial charge < -0.3 is 28.4 Å². The van der Waals surface area contributed by atoms with Crippen molar-refractivity contribution in [2.45, 2.75) is 83.1 Å². The van der Waals surface area contributed by atoms with Crippen LogP contribution in [0.2, 0.25) is 0 Å². The summed E-state index contributed by atoms with van der Waals surface area (Å²) in [4.78, 5) is 12.1. The van der Waals surface area contributed by atoms with Crippen LogP contribution in [0.3, 0.4) is 0 Å². The van der Waals surface area contributed by atoms with Crippen molar-refractivity contribution in [1.82, 2.24) is 0 Å². The molecule has 132 valence electrons. The lowest BCUT2D eigenvalue weighted by atomic mass is 9.94. The number of rotatable bonds is 3. The predicted molar refractivity (Wildman–Crippen MR) is 78.6 cm³/mol. The van der Waals surface area contributed by atoms with Crippen LogP contribution in [0.15, 0.2) is 0 Å². The van der Waals surface area contributed by atoms with Crippen LogP contribution in [-0.2, 0) is 33.2 Å². The van der Waals surface area contributed by atoms with Crippen molar-refractivity contribution in [3.05, 3.63) is 0 Å². The summed E-state index contributed by atoms with van der Waals surface area (Å²) in [7, 11) is 0. The molecule has 0 N–H and O–H groups in total. The zero-order valence-corrected chi connectivity index (χ0v) is 14.4. The van der Waals surface area contributed by atoms with Gasteiger partial charge in [-0.25, -0.2) is 4.79 Å². The van der Waals surface area contributed by atoms with Crippen molar-refractivity contribution in [3.63, 3.8) is 0 Å². The molecule has 0 aromatic rings. The average Bonchev–Trinajstić information content (AvgIpc) is 2.95. The van der Waals surface area contributed by atoms with E-state index in [2.05, 4.69) is 0 Å². The van der Waals surface area contributed by atoms with Gasteiger partial charge in [-0.15, -0.1) is 0 Å². The Bertz CT molecular complexity index is 461. The van der Waals surface area contributed by atoms with Crippen LogP contribution in [0, 0.1) is 0 Å². The van der Waals surface area contributed by atoms with E-state index in [4.69, 9.17) is 28.4 Å². The minimum Gasteiger partial charge on any atom is -0.464 e. The lowest BCUT2D eigenvalue weighted by Crippen LogP contribution is -2.55. The molecule has 3 saturated heterocycles. The number of carbonyl (C=O) groups is 1. The fraction of sp³-hybridized carbons (Fsp3) is 0.938. The van der Waals surface area contributed by atoms with Crippen LogP contribution in [0.1, 0.15) is 41.0 Å². The van der Waals surface area contributed by atoms with Gasteiger partial charge in [0.05, 0.1) is 19.3 Å². The molecule has 3 aliphatic rings. The van der Waals surface area contributed by atoms with E-state index < -0.39 is 23.8 Å². The van der Waals surface area contributed by atoms with Crippen molar-refractivity contribution in [1.29, 1.82) is 0 Å². The second kappa shape index (κ2) is 5.97. The summed E-state index contributed by atoms with van der Waals surface area (Å²) in [6.45, 7) is 9.90. The van der Waals surface area contributed by atoms with Crippen LogP contribution in [0.5, 0.6) is 0 Å². The maximum absolute atomic E-state index is 12.1. The Balaban J connectivity index is 1.78. The average molecular weight is 330 g/mol. The number of carbonyl (C=O) groups excluding carboxylic acids is 1. The summed E-state index contributed by atoms with van der Waals surface area (Å²) >= 11 is 0. The molecule has 0 aliphatic carbocycles. The highest BCUT2D eigenvalue weighted by atomic mass is 16.8. The largest absolute Gasteiger partial charge is 0.464 e. The van der Waals surface area contributed by atoms with E-state index >= 15 is 0 Å². The SMILES string of the molecule is CCOC(=O)[C@H]1C[C@H]2OC(C)(C)O[C@H]2[C@@H]([C@@H]2COC(C)(C)O2)O1. The first-order valence-corrected chi connectivity index (χ1v) is 8.20. The van der Waals surface area contributed by atoms with Gasteiger partial charge >= 0.3 is 5.97 Å². The number of esters is 1. The van der Waals surface area contributed by atoms with Gasteiger partial charge in [-0.1, -0.05) is 0 Å². The third kappa shape index (κ3) is 3.53. The molecule has 3 heterocycles. The lowest BCUT2D eigenvalue weighted by Gasteiger charge is -2.38. The highest BCUT2D eigenvalue weighted by Gasteiger charge is 2.55. The van der Waals surface area contributed by atoms with E-state index in [9.17, 15) is 4.79 Å². The minimum atomic E-state index is -0.713. The molecule has 7 heteroatoms. The Morgan fingerprint density at radius 2 is 1.74 bits per heavy atom. The van der Waals surface area contributed by atoms with E-state index in [-0.39, 0.29) is 24.3 Å². The van der Waals surface area contributed by atoms with E-state index in [1.165, 1.54) is 0 Å². The molecule has 5 atom stereocenters. The molecule has 7 nitrogen and oxygen atoms in total. The van der Waals surface area contributed by atoms with Gasteiger partial charge in [0.25, 0.3) is 0 Å².